The molecule has 2 N–H and O–H groups in total. The standard InChI is InChI=1S/C12H23N3O/c1-5-15-8-11(7-14-15)6-12(4,16)9-13-10(2)3/h7-8,10,13,16H,5-6,9H2,1-4H3. The van der Waals surface area contributed by atoms with Crippen LogP contribution in [-0.4, -0.2) is 33.1 Å². The first kappa shape index (κ1) is 13.2. The van der Waals surface area contributed by atoms with Crippen molar-refractivity contribution in [2.75, 3.05) is 6.54 Å². The molecular formula is C12H23N3O. The first-order chi connectivity index (χ1) is 7.43. The molecule has 1 aromatic heterocycles. The van der Waals surface area contributed by atoms with Crippen molar-refractivity contribution < 1.29 is 5.11 Å². The van der Waals surface area contributed by atoms with E-state index in [1.807, 2.05) is 24.0 Å². The number of nitrogens with one attached hydrogen (secondary N) is 1. The minimum atomic E-state index is -0.716. The molecule has 4 heteroatoms. The highest BCUT2D eigenvalue weighted by Gasteiger charge is 2.21. The molecule has 1 aromatic rings. The zero-order chi connectivity index (χ0) is 12.2. The Hall–Kier alpha value is -0.870. The van der Waals surface area contributed by atoms with E-state index >= 15 is 0 Å². The summed E-state index contributed by atoms with van der Waals surface area (Å²) in [6.07, 6.45) is 4.45. The maximum atomic E-state index is 10.2. The third kappa shape index (κ3) is 4.33. The predicted octanol–water partition coefficient (Wildman–Crippen LogP) is 1.19. The fraction of sp³-hybridized carbons (Fsp3) is 0.750. The van der Waals surface area contributed by atoms with Crippen LogP contribution < -0.4 is 5.32 Å². The molecule has 0 spiro atoms. The number of nitrogens with zero attached hydrogens (tertiary/aromatic N) is 2. The lowest BCUT2D eigenvalue weighted by Gasteiger charge is -2.24. The van der Waals surface area contributed by atoms with Crippen LogP contribution >= 0.6 is 0 Å². The van der Waals surface area contributed by atoms with Crippen molar-refractivity contribution in [3.63, 3.8) is 0 Å². The average molecular weight is 225 g/mol. The molecule has 0 aliphatic heterocycles. The van der Waals surface area contributed by atoms with Crippen molar-refractivity contribution in [3.8, 4) is 0 Å². The van der Waals surface area contributed by atoms with Crippen molar-refractivity contribution in [2.45, 2.75) is 52.3 Å². The van der Waals surface area contributed by atoms with Crippen molar-refractivity contribution in [3.05, 3.63) is 18.0 Å². The van der Waals surface area contributed by atoms with Crippen molar-refractivity contribution >= 4 is 0 Å². The largest absolute Gasteiger partial charge is 0.389 e. The molecule has 1 atom stereocenters. The quantitative estimate of drug-likeness (QED) is 0.764. The van der Waals surface area contributed by atoms with Crippen LogP contribution in [0.4, 0.5) is 0 Å². The van der Waals surface area contributed by atoms with Gasteiger partial charge in [-0.05, 0) is 19.4 Å². The molecule has 0 aliphatic carbocycles. The summed E-state index contributed by atoms with van der Waals surface area (Å²) in [5.74, 6) is 0. The van der Waals surface area contributed by atoms with Gasteiger partial charge in [0.1, 0.15) is 0 Å². The van der Waals surface area contributed by atoms with Gasteiger partial charge in [-0.25, -0.2) is 0 Å². The van der Waals surface area contributed by atoms with Crippen molar-refractivity contribution in [1.82, 2.24) is 15.1 Å². The Kier molecular flexibility index (Phi) is 4.50. The number of aromatic nitrogens is 2. The second kappa shape index (κ2) is 5.46. The van der Waals surface area contributed by atoms with Gasteiger partial charge in [0, 0.05) is 31.7 Å². The summed E-state index contributed by atoms with van der Waals surface area (Å²) in [4.78, 5) is 0. The molecular weight excluding hydrogens is 202 g/mol. The van der Waals surface area contributed by atoms with Crippen LogP contribution in [-0.2, 0) is 13.0 Å². The number of hydrogen-bond acceptors (Lipinski definition) is 3. The first-order valence-corrected chi connectivity index (χ1v) is 5.90. The molecule has 0 bridgehead atoms. The van der Waals surface area contributed by atoms with E-state index < -0.39 is 5.60 Å². The van der Waals surface area contributed by atoms with E-state index in [-0.39, 0.29) is 0 Å². The Bertz CT molecular complexity index is 318. The molecule has 16 heavy (non-hydrogen) atoms. The molecule has 0 fully saturated rings. The Morgan fingerprint density at radius 2 is 2.25 bits per heavy atom. The van der Waals surface area contributed by atoms with Crippen LogP contribution in [0.1, 0.15) is 33.3 Å². The number of hydrogen-bond donors (Lipinski definition) is 2. The predicted molar refractivity (Wildman–Crippen MR) is 65.4 cm³/mol. The van der Waals surface area contributed by atoms with Gasteiger partial charge in [-0.1, -0.05) is 13.8 Å². The fourth-order valence-corrected chi connectivity index (χ4v) is 1.60. The maximum Gasteiger partial charge on any atom is 0.0784 e. The molecule has 1 heterocycles. The third-order valence-electron chi connectivity index (χ3n) is 2.49. The Balaban J connectivity index is 2.50. The van der Waals surface area contributed by atoms with Gasteiger partial charge < -0.3 is 10.4 Å². The second-order valence-electron chi connectivity index (χ2n) is 4.91. The van der Waals surface area contributed by atoms with Crippen LogP contribution in [0.15, 0.2) is 12.4 Å². The summed E-state index contributed by atoms with van der Waals surface area (Å²) >= 11 is 0. The van der Waals surface area contributed by atoms with Crippen molar-refractivity contribution in [2.24, 2.45) is 0 Å². The van der Waals surface area contributed by atoms with Gasteiger partial charge in [-0.15, -0.1) is 0 Å². The highest BCUT2D eigenvalue weighted by Crippen LogP contribution is 2.12. The van der Waals surface area contributed by atoms with Crippen LogP contribution in [0.2, 0.25) is 0 Å². The average Bonchev–Trinajstić information content (AvgIpc) is 2.62. The lowest BCUT2D eigenvalue weighted by atomic mass is 9.98. The van der Waals surface area contributed by atoms with E-state index in [2.05, 4.69) is 31.2 Å². The molecule has 0 saturated heterocycles. The summed E-state index contributed by atoms with van der Waals surface area (Å²) in [5.41, 5.74) is 0.365. The van der Waals surface area contributed by atoms with Crippen LogP contribution in [0, 0.1) is 0 Å². The Morgan fingerprint density at radius 1 is 1.56 bits per heavy atom. The molecule has 0 saturated carbocycles. The lowest BCUT2D eigenvalue weighted by molar-refractivity contribution is 0.0581. The summed E-state index contributed by atoms with van der Waals surface area (Å²) in [7, 11) is 0. The van der Waals surface area contributed by atoms with E-state index in [0.29, 0.717) is 19.0 Å². The van der Waals surface area contributed by atoms with Crippen LogP contribution in [0.3, 0.4) is 0 Å². The van der Waals surface area contributed by atoms with E-state index in [9.17, 15) is 5.11 Å². The SMILES string of the molecule is CCn1cc(CC(C)(O)CNC(C)C)cn1. The third-order valence-corrected chi connectivity index (χ3v) is 2.49. The van der Waals surface area contributed by atoms with Gasteiger partial charge in [0.2, 0.25) is 0 Å². The normalized spacial score (nSPS) is 15.4. The molecule has 0 radical (unpaired) electrons. The van der Waals surface area contributed by atoms with Gasteiger partial charge >= 0.3 is 0 Å². The molecule has 4 nitrogen and oxygen atoms in total. The maximum absolute atomic E-state index is 10.2. The van der Waals surface area contributed by atoms with E-state index in [1.165, 1.54) is 0 Å². The zero-order valence-electron chi connectivity index (χ0n) is 10.7. The molecule has 1 unspecified atom stereocenters. The first-order valence-electron chi connectivity index (χ1n) is 5.90. The topological polar surface area (TPSA) is 50.1 Å². The summed E-state index contributed by atoms with van der Waals surface area (Å²) in [6.45, 7) is 9.52. The highest BCUT2D eigenvalue weighted by molar-refractivity contribution is 5.08. The highest BCUT2D eigenvalue weighted by atomic mass is 16.3. The summed E-state index contributed by atoms with van der Waals surface area (Å²) in [6, 6.07) is 0.393. The van der Waals surface area contributed by atoms with Crippen LogP contribution in [0.5, 0.6) is 0 Å². The van der Waals surface area contributed by atoms with Crippen molar-refractivity contribution in [1.29, 1.82) is 0 Å². The number of rotatable bonds is 6. The second-order valence-corrected chi connectivity index (χ2v) is 4.91. The molecule has 0 aromatic carbocycles. The summed E-state index contributed by atoms with van der Waals surface area (Å²) in [5, 5.41) is 17.6. The van der Waals surface area contributed by atoms with E-state index in [1.54, 1.807) is 0 Å². The Morgan fingerprint density at radius 3 is 2.75 bits per heavy atom. The number of aryl methyl sites for hydroxylation is 1. The lowest BCUT2D eigenvalue weighted by Crippen LogP contribution is -2.42. The zero-order valence-corrected chi connectivity index (χ0v) is 10.7. The van der Waals surface area contributed by atoms with E-state index in [4.69, 9.17) is 0 Å². The molecule has 92 valence electrons. The van der Waals surface area contributed by atoms with Crippen LogP contribution in [0.25, 0.3) is 0 Å². The van der Waals surface area contributed by atoms with Gasteiger partial charge in [0.05, 0.1) is 11.8 Å². The monoisotopic (exact) mass is 225 g/mol. The van der Waals surface area contributed by atoms with E-state index in [0.717, 1.165) is 12.1 Å². The molecule has 1 rings (SSSR count). The molecule has 0 aliphatic rings. The Labute approximate surface area is 97.7 Å². The minimum Gasteiger partial charge on any atom is -0.389 e. The smallest absolute Gasteiger partial charge is 0.0784 e. The van der Waals surface area contributed by atoms with Gasteiger partial charge in [0.25, 0.3) is 0 Å². The summed E-state index contributed by atoms with van der Waals surface area (Å²) < 4.78 is 1.88. The molecule has 0 amide bonds. The van der Waals surface area contributed by atoms with Gasteiger partial charge in [-0.3, -0.25) is 4.68 Å². The fourth-order valence-electron chi connectivity index (χ4n) is 1.60. The number of aliphatic hydroxyl groups is 1. The minimum absolute atomic E-state index is 0.393. The van der Waals surface area contributed by atoms with Gasteiger partial charge in [-0.2, -0.15) is 5.10 Å². The van der Waals surface area contributed by atoms with Gasteiger partial charge in [0.15, 0.2) is 0 Å².